The highest BCUT2D eigenvalue weighted by Crippen LogP contribution is 2.40. The van der Waals surface area contributed by atoms with Crippen LogP contribution in [0.1, 0.15) is 69.7 Å². The molecule has 1 N–H and O–H groups in total. The number of ether oxygens (including phenoxy) is 3. The van der Waals surface area contributed by atoms with Crippen molar-refractivity contribution in [3.63, 3.8) is 0 Å². The largest absolute Gasteiger partial charge is 0.490 e. The van der Waals surface area contributed by atoms with Gasteiger partial charge in [0.05, 0.1) is 18.8 Å². The zero-order valence-corrected chi connectivity index (χ0v) is 24.3. The molecule has 0 aliphatic carbocycles. The molecule has 0 radical (unpaired) electrons. The second-order valence-electron chi connectivity index (χ2n) is 9.48. The Kier molecular flexibility index (Phi) is 9.92. The van der Waals surface area contributed by atoms with Gasteiger partial charge < -0.3 is 19.5 Å². The summed E-state index contributed by atoms with van der Waals surface area (Å²) in [4.78, 5) is 18.1. The number of anilines is 1. The van der Waals surface area contributed by atoms with Crippen LogP contribution in [0.2, 0.25) is 0 Å². The highest BCUT2D eigenvalue weighted by molar-refractivity contribution is 7.99. The molecular weight excluding hydrogens is 512 g/mol. The number of hydrogen-bond acceptors (Lipinski definition) is 8. The van der Waals surface area contributed by atoms with E-state index in [1.165, 1.54) is 5.56 Å². The summed E-state index contributed by atoms with van der Waals surface area (Å²) in [5, 5.41) is 8.72. The summed E-state index contributed by atoms with van der Waals surface area (Å²) in [7, 11) is 0. The molecule has 0 amide bonds. The fraction of sp³-hybridized carbons (Fsp3) is 0.433. The molecule has 9 heteroatoms. The van der Waals surface area contributed by atoms with Gasteiger partial charge in [0.25, 0.3) is 0 Å². The average molecular weight is 551 g/mol. The van der Waals surface area contributed by atoms with Gasteiger partial charge in [0.15, 0.2) is 11.5 Å². The summed E-state index contributed by atoms with van der Waals surface area (Å²) in [5.41, 5.74) is 4.32. The van der Waals surface area contributed by atoms with Crippen molar-refractivity contribution in [1.29, 1.82) is 0 Å². The van der Waals surface area contributed by atoms with Gasteiger partial charge in [-0.3, -0.25) is 0 Å². The predicted molar refractivity (Wildman–Crippen MR) is 154 cm³/mol. The molecule has 8 nitrogen and oxygen atoms in total. The first-order valence-electron chi connectivity index (χ1n) is 13.6. The maximum absolute atomic E-state index is 13.4. The van der Waals surface area contributed by atoms with Crippen LogP contribution in [0.3, 0.4) is 0 Å². The average Bonchev–Trinajstić information content (AvgIpc) is 3.33. The zero-order chi connectivity index (χ0) is 27.8. The minimum absolute atomic E-state index is 0.361. The number of allylic oxidation sites excluding steroid dienone is 1. The van der Waals surface area contributed by atoms with Crippen molar-refractivity contribution in [2.75, 3.05) is 24.3 Å². The standard InChI is InChI=1S/C30H38N4O4S/c1-6-9-16-37-28(35)26-21(5)31-29-32-30(39-17-7-2)33-34(29)27(26)23-14-15-24(25(18-23)36-8-3)38-19-22-12-10-20(4)11-13-22/h10-15,18,27H,6-9,16-17,19H2,1-5H3,(H,31,32,33). The first-order valence-corrected chi connectivity index (χ1v) is 14.6. The number of benzene rings is 2. The SMILES string of the molecule is CCCCOC(=O)C1=C(C)Nc2nc(SCCC)nn2C1c1ccc(OCc2ccc(C)cc2)c(OCC)c1. The lowest BCUT2D eigenvalue weighted by atomic mass is 9.95. The normalized spacial score (nSPS) is 14.5. The minimum atomic E-state index is -0.524. The summed E-state index contributed by atoms with van der Waals surface area (Å²) in [6.07, 6.45) is 2.77. The van der Waals surface area contributed by atoms with Gasteiger partial charge in [-0.15, -0.1) is 5.10 Å². The van der Waals surface area contributed by atoms with E-state index in [2.05, 4.69) is 50.4 Å². The summed E-state index contributed by atoms with van der Waals surface area (Å²) in [5.74, 6) is 2.40. The number of fused-ring (bicyclic) bond motifs is 1. The molecule has 208 valence electrons. The van der Waals surface area contributed by atoms with E-state index in [1.807, 2.05) is 32.0 Å². The van der Waals surface area contributed by atoms with Gasteiger partial charge in [-0.25, -0.2) is 9.48 Å². The number of esters is 1. The Hall–Kier alpha value is -3.46. The lowest BCUT2D eigenvalue weighted by Gasteiger charge is -2.28. The Labute approximate surface area is 235 Å². The molecule has 1 aromatic heterocycles. The smallest absolute Gasteiger partial charge is 0.338 e. The van der Waals surface area contributed by atoms with Crippen molar-refractivity contribution in [2.45, 2.75) is 71.7 Å². The number of hydrogen-bond donors (Lipinski definition) is 1. The monoisotopic (exact) mass is 550 g/mol. The van der Waals surface area contributed by atoms with Gasteiger partial charge in [0, 0.05) is 11.4 Å². The van der Waals surface area contributed by atoms with Gasteiger partial charge in [0.1, 0.15) is 12.6 Å². The molecule has 1 atom stereocenters. The van der Waals surface area contributed by atoms with E-state index in [4.69, 9.17) is 24.3 Å². The van der Waals surface area contributed by atoms with Crippen LogP contribution in [0.25, 0.3) is 0 Å². The van der Waals surface area contributed by atoms with E-state index in [1.54, 1.807) is 16.4 Å². The van der Waals surface area contributed by atoms with Crippen molar-refractivity contribution in [3.8, 4) is 11.5 Å². The number of aryl methyl sites for hydroxylation is 1. The summed E-state index contributed by atoms with van der Waals surface area (Å²) >= 11 is 1.60. The van der Waals surface area contributed by atoms with Crippen molar-refractivity contribution >= 4 is 23.7 Å². The second kappa shape index (κ2) is 13.6. The highest BCUT2D eigenvalue weighted by atomic mass is 32.2. The molecule has 1 unspecified atom stereocenters. The number of rotatable bonds is 13. The molecule has 3 aromatic rings. The number of unbranched alkanes of at least 4 members (excludes halogenated alkanes) is 1. The first kappa shape index (κ1) is 28.5. The summed E-state index contributed by atoms with van der Waals surface area (Å²) < 4.78 is 19.6. The Morgan fingerprint density at radius 3 is 2.54 bits per heavy atom. The van der Waals surface area contributed by atoms with Crippen LogP contribution < -0.4 is 14.8 Å². The van der Waals surface area contributed by atoms with Crippen molar-refractivity contribution in [1.82, 2.24) is 14.8 Å². The molecule has 39 heavy (non-hydrogen) atoms. The Bertz CT molecular complexity index is 1300. The first-order chi connectivity index (χ1) is 18.9. The topological polar surface area (TPSA) is 87.5 Å². The third-order valence-electron chi connectivity index (χ3n) is 6.32. The minimum Gasteiger partial charge on any atom is -0.490 e. The van der Waals surface area contributed by atoms with E-state index in [9.17, 15) is 4.79 Å². The second-order valence-corrected chi connectivity index (χ2v) is 10.5. The van der Waals surface area contributed by atoms with Crippen LogP contribution in [-0.2, 0) is 16.1 Å². The molecule has 0 saturated heterocycles. The number of nitrogens with zero attached hydrogens (tertiary/aromatic N) is 3. The van der Waals surface area contributed by atoms with E-state index >= 15 is 0 Å². The van der Waals surface area contributed by atoms with Crippen LogP contribution in [-0.4, -0.2) is 39.7 Å². The van der Waals surface area contributed by atoms with Crippen LogP contribution >= 0.6 is 11.8 Å². The van der Waals surface area contributed by atoms with Crippen molar-refractivity contribution < 1.29 is 19.0 Å². The lowest BCUT2D eigenvalue weighted by molar-refractivity contribution is -0.139. The molecule has 1 aliphatic heterocycles. The van der Waals surface area contributed by atoms with E-state index < -0.39 is 6.04 Å². The molecule has 4 rings (SSSR count). The summed E-state index contributed by atoms with van der Waals surface area (Å²) in [6, 6.07) is 13.5. The Balaban J connectivity index is 1.70. The maximum Gasteiger partial charge on any atom is 0.338 e. The number of aromatic nitrogens is 3. The third kappa shape index (κ3) is 6.95. The summed E-state index contributed by atoms with van der Waals surface area (Å²) in [6.45, 7) is 11.3. The molecule has 1 aliphatic rings. The van der Waals surface area contributed by atoms with Crippen LogP contribution in [0.4, 0.5) is 5.95 Å². The molecule has 2 aromatic carbocycles. The molecular formula is C30H38N4O4S. The molecule has 0 saturated carbocycles. The predicted octanol–water partition coefficient (Wildman–Crippen LogP) is 6.70. The number of carbonyl (C=O) groups excluding carboxylic acids is 1. The van der Waals surface area contributed by atoms with E-state index in [0.29, 0.717) is 53.7 Å². The maximum atomic E-state index is 13.4. The lowest BCUT2D eigenvalue weighted by Crippen LogP contribution is -2.30. The third-order valence-corrected chi connectivity index (χ3v) is 7.36. The quantitative estimate of drug-likeness (QED) is 0.143. The van der Waals surface area contributed by atoms with Gasteiger partial charge in [0.2, 0.25) is 11.1 Å². The fourth-order valence-electron chi connectivity index (χ4n) is 4.27. The number of carbonyl (C=O) groups is 1. The van der Waals surface area contributed by atoms with Gasteiger partial charge >= 0.3 is 5.97 Å². The molecule has 0 spiro atoms. The van der Waals surface area contributed by atoms with Crippen LogP contribution in [0.5, 0.6) is 11.5 Å². The molecule has 0 bridgehead atoms. The highest BCUT2D eigenvalue weighted by Gasteiger charge is 2.35. The van der Waals surface area contributed by atoms with Crippen LogP contribution in [0, 0.1) is 6.92 Å². The van der Waals surface area contributed by atoms with Crippen LogP contribution in [0.15, 0.2) is 58.9 Å². The zero-order valence-electron chi connectivity index (χ0n) is 23.5. The van der Waals surface area contributed by atoms with E-state index in [0.717, 1.165) is 36.1 Å². The Morgan fingerprint density at radius 2 is 1.82 bits per heavy atom. The van der Waals surface area contributed by atoms with Gasteiger partial charge in [-0.2, -0.15) is 4.98 Å². The van der Waals surface area contributed by atoms with E-state index in [-0.39, 0.29) is 5.97 Å². The Morgan fingerprint density at radius 1 is 1.03 bits per heavy atom. The number of thioether (sulfide) groups is 1. The molecule has 0 fully saturated rings. The van der Waals surface area contributed by atoms with Crippen molar-refractivity contribution in [2.24, 2.45) is 0 Å². The van der Waals surface area contributed by atoms with Crippen molar-refractivity contribution in [3.05, 3.63) is 70.4 Å². The van der Waals surface area contributed by atoms with Gasteiger partial charge in [-0.05, 0) is 56.9 Å². The molecule has 2 heterocycles. The number of nitrogens with one attached hydrogen (secondary N) is 1. The van der Waals surface area contributed by atoms with Gasteiger partial charge in [-0.1, -0.05) is 67.9 Å². The fourth-order valence-corrected chi connectivity index (χ4v) is 4.96.